The number of alkyl halides is 3. The molecular weight excluding hydrogens is 351 g/mol. The standard InChI is InChI=1S/C11H11ClF3NO3S2/c12-7-3-6-20-8(7)21(18,19)16-9(17)10(11(13,14)15)4-1-2-5-10/h3,6H,1-2,4-5H2,(H,16,17). The van der Waals surface area contributed by atoms with Crippen LogP contribution in [0.15, 0.2) is 15.7 Å². The zero-order valence-electron chi connectivity index (χ0n) is 10.5. The lowest BCUT2D eigenvalue weighted by Crippen LogP contribution is -2.50. The summed E-state index contributed by atoms with van der Waals surface area (Å²) in [4.78, 5) is 12.0. The average Bonchev–Trinajstić information content (AvgIpc) is 2.95. The van der Waals surface area contributed by atoms with Gasteiger partial charge in [-0.05, 0) is 24.3 Å². The maximum Gasteiger partial charge on any atom is 0.403 e. The van der Waals surface area contributed by atoms with Crippen LogP contribution in [0.1, 0.15) is 25.7 Å². The molecule has 118 valence electrons. The van der Waals surface area contributed by atoms with E-state index in [0.29, 0.717) is 0 Å². The molecule has 0 bridgehead atoms. The predicted molar refractivity (Wildman–Crippen MR) is 71.6 cm³/mol. The molecule has 1 aliphatic carbocycles. The van der Waals surface area contributed by atoms with Crippen LogP contribution in [0, 0.1) is 5.41 Å². The first-order chi connectivity index (χ1) is 9.60. The number of hydrogen-bond acceptors (Lipinski definition) is 4. The van der Waals surface area contributed by atoms with Gasteiger partial charge >= 0.3 is 6.18 Å². The van der Waals surface area contributed by atoms with Gasteiger partial charge in [0.05, 0.1) is 5.02 Å². The SMILES string of the molecule is O=C(NS(=O)(=O)c1sccc1Cl)C1(C(F)(F)F)CCCC1. The number of carbonyl (C=O) groups is 1. The van der Waals surface area contributed by atoms with Crippen molar-refractivity contribution in [1.29, 1.82) is 0 Å². The first-order valence-electron chi connectivity index (χ1n) is 5.97. The van der Waals surface area contributed by atoms with Crippen molar-refractivity contribution in [2.75, 3.05) is 0 Å². The van der Waals surface area contributed by atoms with Gasteiger partial charge in [-0.1, -0.05) is 24.4 Å². The topological polar surface area (TPSA) is 63.2 Å². The minimum atomic E-state index is -4.79. The van der Waals surface area contributed by atoms with Gasteiger partial charge in [-0.2, -0.15) is 13.2 Å². The van der Waals surface area contributed by atoms with Gasteiger partial charge in [-0.3, -0.25) is 4.79 Å². The Morgan fingerprint density at radius 2 is 1.90 bits per heavy atom. The van der Waals surface area contributed by atoms with Crippen molar-refractivity contribution in [3.05, 3.63) is 16.5 Å². The number of amides is 1. The Morgan fingerprint density at radius 3 is 2.33 bits per heavy atom. The van der Waals surface area contributed by atoms with Crippen LogP contribution in [-0.2, 0) is 14.8 Å². The van der Waals surface area contributed by atoms with E-state index in [2.05, 4.69) is 0 Å². The number of sulfonamides is 1. The van der Waals surface area contributed by atoms with Gasteiger partial charge < -0.3 is 0 Å². The number of hydrogen-bond donors (Lipinski definition) is 1. The van der Waals surface area contributed by atoms with Crippen molar-refractivity contribution in [2.24, 2.45) is 5.41 Å². The molecule has 0 atom stereocenters. The molecule has 1 amide bonds. The highest BCUT2D eigenvalue weighted by Crippen LogP contribution is 2.50. The molecular formula is C11H11ClF3NO3S2. The lowest BCUT2D eigenvalue weighted by Gasteiger charge is -2.29. The summed E-state index contributed by atoms with van der Waals surface area (Å²) in [6.45, 7) is 0. The van der Waals surface area contributed by atoms with Crippen molar-refractivity contribution in [3.8, 4) is 0 Å². The molecule has 1 saturated carbocycles. The van der Waals surface area contributed by atoms with Crippen LogP contribution >= 0.6 is 22.9 Å². The maximum absolute atomic E-state index is 13.2. The van der Waals surface area contributed by atoms with Crippen LogP contribution in [0.5, 0.6) is 0 Å². The van der Waals surface area contributed by atoms with E-state index in [1.807, 2.05) is 0 Å². The molecule has 1 fully saturated rings. The Bertz CT molecular complexity index is 648. The second-order valence-electron chi connectivity index (χ2n) is 4.78. The van der Waals surface area contributed by atoms with E-state index in [1.165, 1.54) is 16.2 Å². The highest BCUT2D eigenvalue weighted by atomic mass is 35.5. The predicted octanol–water partition coefficient (Wildman–Crippen LogP) is 3.33. The van der Waals surface area contributed by atoms with Crippen LogP contribution in [0.3, 0.4) is 0 Å². The minimum absolute atomic E-state index is 0.132. The summed E-state index contributed by atoms with van der Waals surface area (Å²) < 4.78 is 64.7. The Hall–Kier alpha value is -0.800. The molecule has 0 saturated heterocycles. The molecule has 0 aromatic carbocycles. The molecule has 10 heteroatoms. The Balaban J connectivity index is 2.31. The first-order valence-corrected chi connectivity index (χ1v) is 8.71. The quantitative estimate of drug-likeness (QED) is 0.898. The molecule has 0 aliphatic heterocycles. The van der Waals surface area contributed by atoms with Crippen molar-refractivity contribution in [3.63, 3.8) is 0 Å². The van der Waals surface area contributed by atoms with Crippen LogP contribution in [0.2, 0.25) is 5.02 Å². The molecule has 0 spiro atoms. The minimum Gasteiger partial charge on any atom is -0.273 e. The lowest BCUT2D eigenvalue weighted by atomic mass is 9.85. The van der Waals surface area contributed by atoms with Crippen LogP contribution in [0.25, 0.3) is 0 Å². The largest absolute Gasteiger partial charge is 0.403 e. The number of halogens is 4. The van der Waals surface area contributed by atoms with Gasteiger partial charge in [0.2, 0.25) is 5.91 Å². The summed E-state index contributed by atoms with van der Waals surface area (Å²) in [6, 6.07) is 1.29. The van der Waals surface area contributed by atoms with Crippen molar-refractivity contribution in [2.45, 2.75) is 36.1 Å². The van der Waals surface area contributed by atoms with Crippen molar-refractivity contribution in [1.82, 2.24) is 4.72 Å². The third-order valence-electron chi connectivity index (χ3n) is 3.49. The third-order valence-corrected chi connectivity index (χ3v) is 6.84. The normalized spacial score (nSPS) is 18.7. The summed E-state index contributed by atoms with van der Waals surface area (Å²) in [5.74, 6) is -1.53. The summed E-state index contributed by atoms with van der Waals surface area (Å²) >= 11 is 6.38. The number of rotatable bonds is 3. The van der Waals surface area contributed by atoms with E-state index in [9.17, 15) is 26.4 Å². The fourth-order valence-corrected chi connectivity index (χ4v) is 5.10. The summed E-state index contributed by atoms with van der Waals surface area (Å²) in [6.07, 6.45) is -5.14. The number of carbonyl (C=O) groups excluding carboxylic acids is 1. The second-order valence-corrected chi connectivity index (χ2v) is 7.98. The van der Waals surface area contributed by atoms with Crippen LogP contribution in [-0.4, -0.2) is 20.5 Å². The second kappa shape index (κ2) is 5.44. The zero-order chi connectivity index (χ0) is 15.9. The molecule has 21 heavy (non-hydrogen) atoms. The van der Waals surface area contributed by atoms with E-state index in [0.717, 1.165) is 11.3 Å². The zero-order valence-corrected chi connectivity index (χ0v) is 12.9. The Labute approximate surface area is 128 Å². The van der Waals surface area contributed by atoms with Gasteiger partial charge in [0.1, 0.15) is 5.41 Å². The van der Waals surface area contributed by atoms with Crippen molar-refractivity contribution >= 4 is 38.9 Å². The molecule has 0 radical (unpaired) electrons. The van der Waals surface area contributed by atoms with E-state index < -0.39 is 40.4 Å². The molecule has 1 aliphatic rings. The average molecular weight is 362 g/mol. The third kappa shape index (κ3) is 2.91. The van der Waals surface area contributed by atoms with Crippen molar-refractivity contribution < 1.29 is 26.4 Å². The Morgan fingerprint density at radius 1 is 1.33 bits per heavy atom. The molecule has 0 unspecified atom stereocenters. The molecule has 1 aromatic rings. The monoisotopic (exact) mass is 361 g/mol. The van der Waals surface area contributed by atoms with Crippen LogP contribution < -0.4 is 4.72 Å². The summed E-state index contributed by atoms with van der Waals surface area (Å²) in [5.41, 5.74) is -2.64. The van der Waals surface area contributed by atoms with Crippen LogP contribution in [0.4, 0.5) is 13.2 Å². The van der Waals surface area contributed by atoms with Gasteiger partial charge in [-0.25, -0.2) is 13.1 Å². The fourth-order valence-electron chi connectivity index (χ4n) is 2.36. The molecule has 4 nitrogen and oxygen atoms in total. The Kier molecular flexibility index (Phi) is 4.29. The fraction of sp³-hybridized carbons (Fsp3) is 0.545. The number of nitrogens with one attached hydrogen (secondary N) is 1. The molecule has 1 aromatic heterocycles. The molecule has 1 heterocycles. The van der Waals surface area contributed by atoms with Gasteiger partial charge in [0.15, 0.2) is 4.21 Å². The first kappa shape index (κ1) is 16.6. The van der Waals surface area contributed by atoms with E-state index in [1.54, 1.807) is 0 Å². The van der Waals surface area contributed by atoms with E-state index >= 15 is 0 Å². The highest BCUT2D eigenvalue weighted by Gasteiger charge is 2.61. The summed E-state index contributed by atoms with van der Waals surface area (Å²) in [7, 11) is -4.40. The maximum atomic E-state index is 13.2. The molecule has 1 N–H and O–H groups in total. The van der Waals surface area contributed by atoms with E-state index in [4.69, 9.17) is 11.6 Å². The number of thiophene rings is 1. The smallest absolute Gasteiger partial charge is 0.273 e. The summed E-state index contributed by atoms with van der Waals surface area (Å²) in [5, 5.41) is 1.24. The van der Waals surface area contributed by atoms with E-state index in [-0.39, 0.29) is 22.1 Å². The molecule has 2 rings (SSSR count). The van der Waals surface area contributed by atoms with Gasteiger partial charge in [0.25, 0.3) is 10.0 Å². The highest BCUT2D eigenvalue weighted by molar-refractivity contribution is 7.92. The van der Waals surface area contributed by atoms with Gasteiger partial charge in [0, 0.05) is 0 Å². The lowest BCUT2D eigenvalue weighted by molar-refractivity contribution is -0.219. The van der Waals surface area contributed by atoms with Gasteiger partial charge in [-0.15, -0.1) is 11.3 Å².